The third kappa shape index (κ3) is 4.16. The quantitative estimate of drug-likeness (QED) is 0.802. The molecule has 0 bridgehead atoms. The number of ether oxygens (including phenoxy) is 1. The van der Waals surface area contributed by atoms with Gasteiger partial charge in [0.15, 0.2) is 0 Å². The second kappa shape index (κ2) is 7.66. The molecule has 2 N–H and O–H groups in total. The van der Waals surface area contributed by atoms with E-state index in [0.29, 0.717) is 28.2 Å². The SMILES string of the molecule is O=C(O)C1CSC(c2cc(Cl)ccc2OCc2ccc(Cl)cc2)N1. The number of aliphatic carboxylic acids is 1. The fourth-order valence-electron chi connectivity index (χ4n) is 2.39. The second-order valence-electron chi connectivity index (χ2n) is 5.37. The van der Waals surface area contributed by atoms with Crippen molar-refractivity contribution in [3.05, 3.63) is 63.6 Å². The number of carboxylic acids is 1. The normalized spacial score (nSPS) is 20.1. The van der Waals surface area contributed by atoms with Gasteiger partial charge < -0.3 is 9.84 Å². The molecular weight excluding hydrogens is 369 g/mol. The van der Waals surface area contributed by atoms with Crippen molar-refractivity contribution in [2.75, 3.05) is 5.75 Å². The highest BCUT2D eigenvalue weighted by Crippen LogP contribution is 2.39. The minimum absolute atomic E-state index is 0.162. The van der Waals surface area contributed by atoms with Crippen LogP contribution < -0.4 is 10.1 Å². The molecule has 0 saturated carbocycles. The number of carboxylic acid groups (broad SMARTS) is 1. The molecular formula is C17H15Cl2NO3S. The number of hydrogen-bond acceptors (Lipinski definition) is 4. The number of nitrogens with one attached hydrogen (secondary N) is 1. The zero-order valence-corrected chi connectivity index (χ0v) is 14.9. The van der Waals surface area contributed by atoms with Crippen LogP contribution in [0.5, 0.6) is 5.75 Å². The summed E-state index contributed by atoms with van der Waals surface area (Å²) in [6.07, 6.45) is 0. The summed E-state index contributed by atoms with van der Waals surface area (Å²) in [6.45, 7) is 0.394. The fraction of sp³-hybridized carbons (Fsp3) is 0.235. The Morgan fingerprint density at radius 3 is 2.58 bits per heavy atom. The number of hydrogen-bond donors (Lipinski definition) is 2. The molecule has 1 heterocycles. The first-order valence-corrected chi connectivity index (χ1v) is 9.10. The van der Waals surface area contributed by atoms with Crippen LogP contribution in [0.2, 0.25) is 10.0 Å². The molecule has 2 unspecified atom stereocenters. The summed E-state index contributed by atoms with van der Waals surface area (Å²) in [5.74, 6) is 0.337. The first-order chi connectivity index (χ1) is 11.5. The van der Waals surface area contributed by atoms with Gasteiger partial charge in [-0.05, 0) is 35.9 Å². The molecule has 2 atom stereocenters. The van der Waals surface area contributed by atoms with E-state index >= 15 is 0 Å². The summed E-state index contributed by atoms with van der Waals surface area (Å²) in [4.78, 5) is 11.1. The van der Waals surface area contributed by atoms with E-state index in [1.165, 1.54) is 11.8 Å². The van der Waals surface area contributed by atoms with Crippen molar-refractivity contribution in [1.29, 1.82) is 0 Å². The van der Waals surface area contributed by atoms with E-state index in [1.54, 1.807) is 6.07 Å². The maximum absolute atomic E-state index is 11.1. The highest BCUT2D eigenvalue weighted by molar-refractivity contribution is 7.99. The van der Waals surface area contributed by atoms with Crippen LogP contribution in [0.1, 0.15) is 16.5 Å². The van der Waals surface area contributed by atoms with E-state index < -0.39 is 12.0 Å². The van der Waals surface area contributed by atoms with E-state index in [-0.39, 0.29) is 5.37 Å². The molecule has 1 aliphatic rings. The minimum atomic E-state index is -0.851. The van der Waals surface area contributed by atoms with E-state index in [4.69, 9.17) is 33.0 Å². The van der Waals surface area contributed by atoms with E-state index in [0.717, 1.165) is 11.1 Å². The number of halogens is 2. The first kappa shape index (κ1) is 17.4. The van der Waals surface area contributed by atoms with Gasteiger partial charge in [-0.3, -0.25) is 10.1 Å². The van der Waals surface area contributed by atoms with Crippen LogP contribution in [0, 0.1) is 0 Å². The molecule has 1 aliphatic heterocycles. The molecule has 24 heavy (non-hydrogen) atoms. The van der Waals surface area contributed by atoms with Crippen molar-refractivity contribution >= 4 is 40.9 Å². The number of benzene rings is 2. The molecule has 126 valence electrons. The Bertz CT molecular complexity index is 739. The molecule has 1 saturated heterocycles. The number of rotatable bonds is 5. The Balaban J connectivity index is 1.76. The summed E-state index contributed by atoms with van der Waals surface area (Å²) in [6, 6.07) is 12.3. The van der Waals surface area contributed by atoms with Crippen molar-refractivity contribution < 1.29 is 14.6 Å². The van der Waals surface area contributed by atoms with Gasteiger partial charge in [-0.25, -0.2) is 0 Å². The third-order valence-corrected chi connectivity index (χ3v) is 5.38. The molecule has 2 aromatic rings. The Kier molecular flexibility index (Phi) is 5.56. The van der Waals surface area contributed by atoms with Crippen LogP contribution in [-0.2, 0) is 11.4 Å². The van der Waals surface area contributed by atoms with Crippen molar-refractivity contribution in [1.82, 2.24) is 5.32 Å². The Morgan fingerprint density at radius 2 is 1.92 bits per heavy atom. The van der Waals surface area contributed by atoms with Gasteiger partial charge in [0.05, 0.1) is 5.37 Å². The summed E-state index contributed by atoms with van der Waals surface area (Å²) < 4.78 is 5.92. The summed E-state index contributed by atoms with van der Waals surface area (Å²) in [7, 11) is 0. The zero-order chi connectivity index (χ0) is 17.1. The Hall–Kier alpha value is -1.40. The van der Waals surface area contributed by atoms with E-state index in [2.05, 4.69) is 5.32 Å². The molecule has 0 spiro atoms. The van der Waals surface area contributed by atoms with Crippen molar-refractivity contribution in [3.8, 4) is 5.75 Å². The van der Waals surface area contributed by atoms with Gasteiger partial charge in [-0.15, -0.1) is 11.8 Å². The van der Waals surface area contributed by atoms with E-state index in [1.807, 2.05) is 36.4 Å². The summed E-state index contributed by atoms with van der Waals surface area (Å²) in [5.41, 5.74) is 1.85. The number of thioether (sulfide) groups is 1. The third-order valence-electron chi connectivity index (χ3n) is 3.64. The lowest BCUT2D eigenvalue weighted by Crippen LogP contribution is -2.33. The Labute approximate surface area is 154 Å². The summed E-state index contributed by atoms with van der Waals surface area (Å²) in [5, 5.41) is 13.3. The van der Waals surface area contributed by atoms with Gasteiger partial charge in [0, 0.05) is 21.4 Å². The van der Waals surface area contributed by atoms with Crippen molar-refractivity contribution in [2.45, 2.75) is 18.0 Å². The molecule has 3 rings (SSSR count). The molecule has 1 fully saturated rings. The van der Waals surface area contributed by atoms with E-state index in [9.17, 15) is 4.79 Å². The minimum Gasteiger partial charge on any atom is -0.489 e. The maximum Gasteiger partial charge on any atom is 0.321 e. The lowest BCUT2D eigenvalue weighted by Gasteiger charge is -2.17. The van der Waals surface area contributed by atoms with Gasteiger partial charge in [0.1, 0.15) is 18.4 Å². The van der Waals surface area contributed by atoms with Gasteiger partial charge in [0.2, 0.25) is 0 Å². The van der Waals surface area contributed by atoms with Crippen LogP contribution in [-0.4, -0.2) is 22.9 Å². The predicted octanol–water partition coefficient (Wildman–Crippen LogP) is 4.36. The first-order valence-electron chi connectivity index (χ1n) is 7.30. The highest BCUT2D eigenvalue weighted by atomic mass is 35.5. The fourth-order valence-corrected chi connectivity index (χ4v) is 3.95. The molecule has 0 amide bonds. The van der Waals surface area contributed by atoms with Crippen LogP contribution >= 0.6 is 35.0 Å². The Morgan fingerprint density at radius 1 is 1.21 bits per heavy atom. The van der Waals surface area contributed by atoms with Gasteiger partial charge >= 0.3 is 5.97 Å². The molecule has 0 aromatic heterocycles. The van der Waals surface area contributed by atoms with Gasteiger partial charge in [-0.1, -0.05) is 35.3 Å². The summed E-state index contributed by atoms with van der Waals surface area (Å²) >= 11 is 13.5. The smallest absolute Gasteiger partial charge is 0.321 e. The van der Waals surface area contributed by atoms with Crippen LogP contribution in [0.25, 0.3) is 0 Å². The van der Waals surface area contributed by atoms with Crippen molar-refractivity contribution in [2.24, 2.45) is 0 Å². The standard InChI is InChI=1S/C17H15Cl2NO3S/c18-11-3-1-10(2-4-11)8-23-15-6-5-12(19)7-13(15)16-20-14(9-24-16)17(21)22/h1-7,14,16,20H,8-9H2,(H,21,22). The molecule has 7 heteroatoms. The molecule has 0 aliphatic carbocycles. The number of carbonyl (C=O) groups is 1. The largest absolute Gasteiger partial charge is 0.489 e. The van der Waals surface area contributed by atoms with Crippen molar-refractivity contribution in [3.63, 3.8) is 0 Å². The zero-order valence-electron chi connectivity index (χ0n) is 12.5. The average Bonchev–Trinajstić information content (AvgIpc) is 3.05. The highest BCUT2D eigenvalue weighted by Gasteiger charge is 2.32. The predicted molar refractivity (Wildman–Crippen MR) is 97.0 cm³/mol. The van der Waals surface area contributed by atoms with Crippen LogP contribution in [0.15, 0.2) is 42.5 Å². The van der Waals surface area contributed by atoms with Crippen LogP contribution in [0.3, 0.4) is 0 Å². The molecule has 2 aromatic carbocycles. The average molecular weight is 384 g/mol. The van der Waals surface area contributed by atoms with Crippen LogP contribution in [0.4, 0.5) is 0 Å². The lowest BCUT2D eigenvalue weighted by molar-refractivity contribution is -0.138. The molecule has 0 radical (unpaired) electrons. The van der Waals surface area contributed by atoms with Gasteiger partial charge in [0.25, 0.3) is 0 Å². The second-order valence-corrected chi connectivity index (χ2v) is 7.38. The lowest BCUT2D eigenvalue weighted by atomic mass is 10.1. The monoisotopic (exact) mass is 383 g/mol. The maximum atomic E-state index is 11.1. The molecule has 4 nitrogen and oxygen atoms in total. The van der Waals surface area contributed by atoms with Gasteiger partial charge in [-0.2, -0.15) is 0 Å². The topological polar surface area (TPSA) is 58.6 Å².